The van der Waals surface area contributed by atoms with Crippen LogP contribution in [0.25, 0.3) is 22.2 Å². The maximum absolute atomic E-state index is 13.2. The van der Waals surface area contributed by atoms with E-state index >= 15 is 0 Å². The van der Waals surface area contributed by atoms with Crippen molar-refractivity contribution in [1.82, 2.24) is 19.9 Å². The van der Waals surface area contributed by atoms with Crippen molar-refractivity contribution in [3.8, 4) is 5.75 Å². The summed E-state index contributed by atoms with van der Waals surface area (Å²) in [5, 5.41) is 2.97. The Balaban J connectivity index is 1.57. The molecule has 0 bridgehead atoms. The van der Waals surface area contributed by atoms with E-state index in [0.717, 1.165) is 41.8 Å². The number of aromatic nitrogens is 3. The maximum atomic E-state index is 13.2. The summed E-state index contributed by atoms with van der Waals surface area (Å²) in [4.78, 5) is 22.7. The minimum atomic E-state index is -0.263. The molecule has 1 saturated heterocycles. The number of nitrogens with one attached hydrogen (secondary N) is 1. The van der Waals surface area contributed by atoms with Crippen LogP contribution in [0.5, 0.6) is 5.75 Å². The summed E-state index contributed by atoms with van der Waals surface area (Å²) in [6, 6.07) is 15.3. The highest BCUT2D eigenvalue weighted by molar-refractivity contribution is 6.10. The minimum Gasteiger partial charge on any atom is -0.497 e. The second-order valence-electron chi connectivity index (χ2n) is 7.92. The summed E-state index contributed by atoms with van der Waals surface area (Å²) in [6.07, 6.45) is 2.00. The first kappa shape index (κ1) is 20.3. The van der Waals surface area contributed by atoms with Crippen molar-refractivity contribution in [3.05, 3.63) is 59.7 Å². The summed E-state index contributed by atoms with van der Waals surface area (Å²) in [7, 11) is 1.63. The number of anilines is 1. The molecule has 3 heterocycles. The van der Waals surface area contributed by atoms with Crippen molar-refractivity contribution in [3.63, 3.8) is 0 Å². The van der Waals surface area contributed by atoms with Gasteiger partial charge in [0.25, 0.3) is 5.91 Å². The van der Waals surface area contributed by atoms with Gasteiger partial charge in [-0.1, -0.05) is 24.3 Å². The number of nitrogens with two attached hydrogens (primary N) is 1. The van der Waals surface area contributed by atoms with E-state index in [-0.39, 0.29) is 12.0 Å². The number of hydrogen-bond acceptors (Lipinski definition) is 6. The van der Waals surface area contributed by atoms with Gasteiger partial charge in [-0.15, -0.1) is 0 Å². The van der Waals surface area contributed by atoms with Crippen molar-refractivity contribution in [2.45, 2.75) is 25.5 Å². The molecule has 8 heteroatoms. The highest BCUT2D eigenvalue weighted by atomic mass is 16.5. The lowest BCUT2D eigenvalue weighted by atomic mass is 10.2. The summed E-state index contributed by atoms with van der Waals surface area (Å²) in [6.45, 7) is 1.64. The van der Waals surface area contributed by atoms with Gasteiger partial charge in [0.15, 0.2) is 5.65 Å². The van der Waals surface area contributed by atoms with Crippen molar-refractivity contribution in [2.24, 2.45) is 0 Å². The summed E-state index contributed by atoms with van der Waals surface area (Å²) in [5.74, 6) is 0.857. The molecule has 0 spiro atoms. The average Bonchev–Trinajstić information content (AvgIpc) is 3.43. The molecule has 1 aliphatic rings. The van der Waals surface area contributed by atoms with Gasteiger partial charge in [0.05, 0.1) is 30.8 Å². The Morgan fingerprint density at radius 1 is 1.19 bits per heavy atom. The van der Waals surface area contributed by atoms with Crippen molar-refractivity contribution in [2.75, 3.05) is 26.0 Å². The number of amides is 1. The van der Waals surface area contributed by atoms with Crippen LogP contribution in [0.2, 0.25) is 0 Å². The fourth-order valence-electron chi connectivity index (χ4n) is 4.11. The third kappa shape index (κ3) is 3.73. The lowest BCUT2D eigenvalue weighted by Crippen LogP contribution is -2.32. The number of fused-ring (bicyclic) bond motifs is 2. The number of methoxy groups -OCH3 is 1. The molecule has 0 aliphatic carbocycles. The van der Waals surface area contributed by atoms with E-state index < -0.39 is 0 Å². The number of hydrogen-bond donors (Lipinski definition) is 2. The standard InChI is InChI=1S/C24H25N5O3/c1-31-16-10-8-15(9-11-16)14-29-22(25)20(24(30)26-13-17-5-4-12-32-17)21-23(29)28-19-7-3-2-6-18(19)27-21/h2-3,6-11,17H,4-5,12-14,25H2,1H3,(H,26,30)/t17-/m1/s1. The second kappa shape index (κ2) is 8.47. The lowest BCUT2D eigenvalue weighted by Gasteiger charge is -2.11. The molecule has 3 N–H and O–H groups in total. The number of carbonyl (C=O) groups is 1. The van der Waals surface area contributed by atoms with Gasteiger partial charge in [-0.05, 0) is 42.7 Å². The zero-order chi connectivity index (χ0) is 22.1. The molecule has 4 aromatic rings. The molecule has 1 fully saturated rings. The molecule has 1 amide bonds. The molecule has 1 atom stereocenters. The molecule has 1 aliphatic heterocycles. The molecule has 32 heavy (non-hydrogen) atoms. The first-order valence-electron chi connectivity index (χ1n) is 10.7. The van der Waals surface area contributed by atoms with Crippen LogP contribution in [0.1, 0.15) is 28.8 Å². The van der Waals surface area contributed by atoms with E-state index in [9.17, 15) is 4.79 Å². The smallest absolute Gasteiger partial charge is 0.257 e. The van der Waals surface area contributed by atoms with Crippen LogP contribution in [0, 0.1) is 0 Å². The van der Waals surface area contributed by atoms with Crippen LogP contribution in [0.4, 0.5) is 5.82 Å². The average molecular weight is 431 g/mol. The summed E-state index contributed by atoms with van der Waals surface area (Å²) >= 11 is 0. The third-order valence-corrected chi connectivity index (χ3v) is 5.83. The second-order valence-corrected chi connectivity index (χ2v) is 7.92. The highest BCUT2D eigenvalue weighted by Gasteiger charge is 2.25. The van der Waals surface area contributed by atoms with E-state index in [1.54, 1.807) is 7.11 Å². The quantitative estimate of drug-likeness (QED) is 0.486. The predicted octanol–water partition coefficient (Wildman–Crippen LogP) is 3.13. The zero-order valence-electron chi connectivity index (χ0n) is 17.9. The van der Waals surface area contributed by atoms with E-state index in [2.05, 4.69) is 5.32 Å². The molecule has 2 aromatic heterocycles. The molecule has 0 saturated carbocycles. The van der Waals surface area contributed by atoms with E-state index in [1.807, 2.05) is 53.1 Å². The van der Waals surface area contributed by atoms with Gasteiger partial charge in [0.1, 0.15) is 22.6 Å². The summed E-state index contributed by atoms with van der Waals surface area (Å²) in [5.41, 5.74) is 10.4. The minimum absolute atomic E-state index is 0.0414. The van der Waals surface area contributed by atoms with E-state index in [1.165, 1.54) is 0 Å². The molecular weight excluding hydrogens is 406 g/mol. The van der Waals surface area contributed by atoms with Gasteiger partial charge in [0, 0.05) is 13.2 Å². The molecular formula is C24H25N5O3. The van der Waals surface area contributed by atoms with Crippen molar-refractivity contribution in [1.29, 1.82) is 0 Å². The Hall–Kier alpha value is -3.65. The number of para-hydroxylation sites is 2. The zero-order valence-corrected chi connectivity index (χ0v) is 17.9. The van der Waals surface area contributed by atoms with Gasteiger partial charge < -0.3 is 25.1 Å². The molecule has 0 radical (unpaired) electrons. The SMILES string of the molecule is COc1ccc(Cn2c(N)c(C(=O)NC[C@H]3CCCO3)c3nc4ccccc4nc32)cc1. The number of nitrogens with zero attached hydrogens (tertiary/aromatic N) is 3. The van der Waals surface area contributed by atoms with Gasteiger partial charge in [0.2, 0.25) is 0 Å². The number of ether oxygens (including phenoxy) is 2. The molecule has 5 rings (SSSR count). The Kier molecular flexibility index (Phi) is 5.36. The van der Waals surface area contributed by atoms with Gasteiger partial charge >= 0.3 is 0 Å². The topological polar surface area (TPSA) is 104 Å². The summed E-state index contributed by atoms with van der Waals surface area (Å²) < 4.78 is 12.7. The number of benzene rings is 2. The van der Waals surface area contributed by atoms with Crippen LogP contribution in [-0.4, -0.2) is 46.8 Å². The molecule has 8 nitrogen and oxygen atoms in total. The largest absolute Gasteiger partial charge is 0.497 e. The van der Waals surface area contributed by atoms with Gasteiger partial charge in [-0.3, -0.25) is 4.79 Å². The molecule has 0 unspecified atom stereocenters. The number of carbonyl (C=O) groups excluding carboxylic acids is 1. The fraction of sp³-hybridized carbons (Fsp3) is 0.292. The number of nitrogen functional groups attached to an aromatic ring is 1. The van der Waals surface area contributed by atoms with Crippen molar-refractivity contribution >= 4 is 33.9 Å². The fourth-order valence-corrected chi connectivity index (χ4v) is 4.11. The molecule has 2 aromatic carbocycles. The van der Waals surface area contributed by atoms with E-state index in [4.69, 9.17) is 25.2 Å². The third-order valence-electron chi connectivity index (χ3n) is 5.83. The van der Waals surface area contributed by atoms with Crippen LogP contribution in [0.15, 0.2) is 48.5 Å². The van der Waals surface area contributed by atoms with Crippen LogP contribution >= 0.6 is 0 Å². The Morgan fingerprint density at radius 2 is 1.94 bits per heavy atom. The monoisotopic (exact) mass is 431 g/mol. The Labute approximate surface area is 185 Å². The predicted molar refractivity (Wildman–Crippen MR) is 123 cm³/mol. The van der Waals surface area contributed by atoms with Crippen LogP contribution in [-0.2, 0) is 11.3 Å². The normalized spacial score (nSPS) is 16.0. The van der Waals surface area contributed by atoms with Gasteiger partial charge in [-0.2, -0.15) is 0 Å². The first-order chi connectivity index (χ1) is 15.6. The lowest BCUT2D eigenvalue weighted by molar-refractivity contribution is 0.0859. The Morgan fingerprint density at radius 3 is 2.62 bits per heavy atom. The van der Waals surface area contributed by atoms with Crippen LogP contribution in [0.3, 0.4) is 0 Å². The van der Waals surface area contributed by atoms with Crippen LogP contribution < -0.4 is 15.8 Å². The highest BCUT2D eigenvalue weighted by Crippen LogP contribution is 2.29. The van der Waals surface area contributed by atoms with Crippen molar-refractivity contribution < 1.29 is 14.3 Å². The Bertz CT molecular complexity index is 1280. The maximum Gasteiger partial charge on any atom is 0.257 e. The van der Waals surface area contributed by atoms with Gasteiger partial charge in [-0.25, -0.2) is 9.97 Å². The first-order valence-corrected chi connectivity index (χ1v) is 10.7. The molecule has 164 valence electrons. The van der Waals surface area contributed by atoms with E-state index in [0.29, 0.717) is 35.6 Å². The number of rotatable bonds is 6.